The number of hydrogen-bond donors (Lipinski definition) is 2. The fourth-order valence-corrected chi connectivity index (χ4v) is 4.32. The van der Waals surface area contributed by atoms with Crippen LogP contribution in [0.2, 0.25) is 0 Å². The Bertz CT molecular complexity index is 927. The number of methoxy groups -OCH3 is 1. The monoisotopic (exact) mass is 430 g/mol. The molecular formula is C23H30N2O6. The van der Waals surface area contributed by atoms with Crippen LogP contribution in [0, 0.1) is 11.8 Å². The van der Waals surface area contributed by atoms with E-state index in [9.17, 15) is 19.8 Å². The first-order chi connectivity index (χ1) is 14.8. The molecule has 0 aliphatic heterocycles. The predicted octanol–water partition coefficient (Wildman–Crippen LogP) is 3.51. The summed E-state index contributed by atoms with van der Waals surface area (Å²) in [5.41, 5.74) is 0.321. The minimum Gasteiger partial charge on any atom is -0.503 e. The highest BCUT2D eigenvalue weighted by Crippen LogP contribution is 2.44. The van der Waals surface area contributed by atoms with Gasteiger partial charge in [0.2, 0.25) is 5.75 Å². The molecule has 8 heteroatoms. The van der Waals surface area contributed by atoms with Crippen molar-refractivity contribution in [1.82, 2.24) is 4.57 Å². The number of anilines is 1. The fraction of sp³-hybridized carbons (Fsp3) is 0.478. The zero-order valence-electron chi connectivity index (χ0n) is 18.4. The van der Waals surface area contributed by atoms with Crippen molar-refractivity contribution in [3.63, 3.8) is 0 Å². The highest BCUT2D eigenvalue weighted by Gasteiger charge is 2.36. The Hall–Kier alpha value is -3.16. The maximum absolute atomic E-state index is 13.3. The maximum Gasteiger partial charge on any atom is 0.359 e. The molecule has 0 saturated heterocycles. The zero-order valence-corrected chi connectivity index (χ0v) is 18.4. The maximum atomic E-state index is 13.3. The number of carbonyl (C=O) groups is 2. The molecule has 1 aliphatic rings. The Morgan fingerprint density at radius 2 is 1.77 bits per heavy atom. The number of esters is 1. The molecule has 0 amide bonds. The molecule has 2 N–H and O–H groups in total. The van der Waals surface area contributed by atoms with Gasteiger partial charge in [0.1, 0.15) is 18.1 Å². The predicted molar refractivity (Wildman–Crippen MR) is 116 cm³/mol. The van der Waals surface area contributed by atoms with Crippen LogP contribution in [0.5, 0.6) is 17.2 Å². The van der Waals surface area contributed by atoms with E-state index in [1.165, 1.54) is 9.47 Å². The molecule has 1 aliphatic carbocycles. The van der Waals surface area contributed by atoms with Gasteiger partial charge in [0, 0.05) is 12.7 Å². The molecular weight excluding hydrogens is 400 g/mol. The molecule has 2 atom stereocenters. The van der Waals surface area contributed by atoms with Crippen molar-refractivity contribution in [2.75, 3.05) is 25.6 Å². The van der Waals surface area contributed by atoms with Crippen LogP contribution in [-0.4, -0.2) is 53.8 Å². The lowest BCUT2D eigenvalue weighted by Gasteiger charge is -2.34. The number of aromatic hydroxyl groups is 2. The van der Waals surface area contributed by atoms with E-state index in [2.05, 4.69) is 13.8 Å². The van der Waals surface area contributed by atoms with Crippen LogP contribution in [0.25, 0.3) is 5.69 Å². The van der Waals surface area contributed by atoms with Crippen LogP contribution >= 0.6 is 0 Å². The SMILES string of the molecule is COc1ccc(-n2c(C(=O)OC3C(C)CCCC3C)c(O)c(O)c2N(C)CC=O)cc1. The summed E-state index contributed by atoms with van der Waals surface area (Å²) in [5.74, 6) is -0.663. The van der Waals surface area contributed by atoms with Crippen LogP contribution in [0.4, 0.5) is 5.82 Å². The van der Waals surface area contributed by atoms with Gasteiger partial charge in [0.05, 0.1) is 13.7 Å². The van der Waals surface area contributed by atoms with Gasteiger partial charge >= 0.3 is 5.97 Å². The van der Waals surface area contributed by atoms with Crippen molar-refractivity contribution < 1.29 is 29.3 Å². The summed E-state index contributed by atoms with van der Waals surface area (Å²) in [6, 6.07) is 6.79. The second-order valence-corrected chi connectivity index (χ2v) is 8.21. The number of aromatic nitrogens is 1. The number of ether oxygens (including phenoxy) is 2. The summed E-state index contributed by atoms with van der Waals surface area (Å²) in [6.07, 6.45) is 3.41. The summed E-state index contributed by atoms with van der Waals surface area (Å²) in [5, 5.41) is 21.4. The number of benzene rings is 1. The summed E-state index contributed by atoms with van der Waals surface area (Å²) >= 11 is 0. The van der Waals surface area contributed by atoms with Gasteiger partial charge in [-0.3, -0.25) is 4.57 Å². The number of carbonyl (C=O) groups excluding carboxylic acids is 2. The number of likely N-dealkylation sites (N-methyl/N-ethyl adjacent to an activating group) is 1. The van der Waals surface area contributed by atoms with E-state index in [1.807, 2.05) is 0 Å². The Kier molecular flexibility index (Phi) is 6.77. The molecule has 1 aromatic carbocycles. The smallest absolute Gasteiger partial charge is 0.359 e. The van der Waals surface area contributed by atoms with Crippen molar-refractivity contribution in [3.8, 4) is 22.9 Å². The van der Waals surface area contributed by atoms with E-state index in [-0.39, 0.29) is 36.0 Å². The van der Waals surface area contributed by atoms with E-state index in [4.69, 9.17) is 9.47 Å². The molecule has 31 heavy (non-hydrogen) atoms. The molecule has 3 rings (SSSR count). The van der Waals surface area contributed by atoms with E-state index in [0.29, 0.717) is 17.7 Å². The normalized spacial score (nSPS) is 20.8. The second-order valence-electron chi connectivity index (χ2n) is 8.21. The lowest BCUT2D eigenvalue weighted by molar-refractivity contribution is -0.106. The van der Waals surface area contributed by atoms with E-state index < -0.39 is 17.5 Å². The highest BCUT2D eigenvalue weighted by atomic mass is 16.5. The molecule has 0 radical (unpaired) electrons. The quantitative estimate of drug-likeness (QED) is 0.512. The van der Waals surface area contributed by atoms with Gasteiger partial charge in [0.15, 0.2) is 17.3 Å². The first-order valence-corrected chi connectivity index (χ1v) is 10.5. The van der Waals surface area contributed by atoms with Gasteiger partial charge < -0.3 is 29.4 Å². The molecule has 168 valence electrons. The third kappa shape index (κ3) is 4.33. The van der Waals surface area contributed by atoms with Crippen molar-refractivity contribution in [2.45, 2.75) is 39.2 Å². The number of aldehydes is 1. The van der Waals surface area contributed by atoms with Crippen LogP contribution < -0.4 is 9.64 Å². The van der Waals surface area contributed by atoms with Crippen LogP contribution in [0.15, 0.2) is 24.3 Å². The van der Waals surface area contributed by atoms with Gasteiger partial charge in [-0.05, 0) is 48.9 Å². The Balaban J connectivity index is 2.10. The molecule has 2 aromatic rings. The number of nitrogens with zero attached hydrogens (tertiary/aromatic N) is 2. The standard InChI is InChI=1S/C23H30N2O6/c1-14-6-5-7-15(2)21(14)31-23(29)18-19(27)20(28)22(24(3)12-13-26)25(18)16-8-10-17(30-4)11-9-16/h8-11,13-15,21,27-28H,5-7,12H2,1-4H3. The lowest BCUT2D eigenvalue weighted by atomic mass is 9.80. The fourth-order valence-electron chi connectivity index (χ4n) is 4.32. The van der Waals surface area contributed by atoms with Gasteiger partial charge in [-0.25, -0.2) is 4.79 Å². The molecule has 1 saturated carbocycles. The van der Waals surface area contributed by atoms with Gasteiger partial charge in [-0.2, -0.15) is 0 Å². The van der Waals surface area contributed by atoms with Gasteiger partial charge in [-0.15, -0.1) is 0 Å². The first kappa shape index (κ1) is 22.5. The zero-order chi connectivity index (χ0) is 22.7. The summed E-state index contributed by atoms with van der Waals surface area (Å²) in [6.45, 7) is 4.06. The Morgan fingerprint density at radius 1 is 1.16 bits per heavy atom. The summed E-state index contributed by atoms with van der Waals surface area (Å²) < 4.78 is 12.5. The minimum atomic E-state index is -0.722. The molecule has 0 bridgehead atoms. The van der Waals surface area contributed by atoms with Crippen molar-refractivity contribution in [2.24, 2.45) is 11.8 Å². The largest absolute Gasteiger partial charge is 0.503 e. The van der Waals surface area contributed by atoms with Gasteiger partial charge in [-0.1, -0.05) is 20.3 Å². The van der Waals surface area contributed by atoms with Crippen LogP contribution in [0.3, 0.4) is 0 Å². The molecule has 2 unspecified atom stereocenters. The van der Waals surface area contributed by atoms with E-state index in [1.54, 1.807) is 38.4 Å². The third-order valence-corrected chi connectivity index (χ3v) is 6.01. The topological polar surface area (TPSA) is 101 Å². The van der Waals surface area contributed by atoms with Crippen molar-refractivity contribution in [3.05, 3.63) is 30.0 Å². The van der Waals surface area contributed by atoms with Crippen LogP contribution in [-0.2, 0) is 9.53 Å². The molecule has 1 heterocycles. The van der Waals surface area contributed by atoms with E-state index >= 15 is 0 Å². The van der Waals surface area contributed by atoms with Crippen molar-refractivity contribution >= 4 is 18.1 Å². The molecule has 1 aromatic heterocycles. The highest BCUT2D eigenvalue weighted by molar-refractivity contribution is 5.95. The van der Waals surface area contributed by atoms with E-state index in [0.717, 1.165) is 19.3 Å². The minimum absolute atomic E-state index is 0.0433. The average Bonchev–Trinajstić information content (AvgIpc) is 3.02. The Morgan fingerprint density at radius 3 is 2.32 bits per heavy atom. The summed E-state index contributed by atoms with van der Waals surface area (Å²) in [4.78, 5) is 25.8. The second kappa shape index (κ2) is 9.32. The number of rotatable bonds is 7. The van der Waals surface area contributed by atoms with Crippen molar-refractivity contribution in [1.29, 1.82) is 0 Å². The first-order valence-electron chi connectivity index (χ1n) is 10.5. The summed E-state index contributed by atoms with van der Waals surface area (Å²) in [7, 11) is 3.13. The molecule has 8 nitrogen and oxygen atoms in total. The van der Waals surface area contributed by atoms with Gasteiger partial charge in [0.25, 0.3) is 0 Å². The van der Waals surface area contributed by atoms with Crippen LogP contribution in [0.1, 0.15) is 43.6 Å². The average molecular weight is 431 g/mol. The number of hydrogen-bond acceptors (Lipinski definition) is 7. The molecule has 1 fully saturated rings. The lowest BCUT2D eigenvalue weighted by Crippen LogP contribution is -2.35. The third-order valence-electron chi connectivity index (χ3n) is 6.01. The molecule has 0 spiro atoms. The Labute approximate surface area is 182 Å².